The Kier molecular flexibility index (Phi) is 5.21. The van der Waals surface area contributed by atoms with E-state index in [1.54, 1.807) is 4.90 Å². The fraction of sp³-hybridized carbons (Fsp3) is 0.533. The molecule has 0 aliphatic carbocycles. The summed E-state index contributed by atoms with van der Waals surface area (Å²) in [6.07, 6.45) is 3.52. The quantitative estimate of drug-likeness (QED) is 0.906. The summed E-state index contributed by atoms with van der Waals surface area (Å²) >= 11 is 0. The summed E-state index contributed by atoms with van der Waals surface area (Å²) in [5.41, 5.74) is 2.18. The maximum Gasteiger partial charge on any atom is 0.321 e. The lowest BCUT2D eigenvalue weighted by molar-refractivity contribution is 0.0564. The number of urea groups is 1. The summed E-state index contributed by atoms with van der Waals surface area (Å²) in [4.78, 5) is 13.8. The number of unbranched alkanes of at least 4 members (excludes halogenated alkanes) is 1. The van der Waals surface area contributed by atoms with Gasteiger partial charge in [-0.15, -0.1) is 0 Å². The minimum absolute atomic E-state index is 0.0374. The molecule has 0 aromatic heterocycles. The number of amides is 2. The van der Waals surface area contributed by atoms with E-state index >= 15 is 0 Å². The van der Waals surface area contributed by atoms with Gasteiger partial charge in [0.2, 0.25) is 0 Å². The Balaban J connectivity index is 1.86. The van der Waals surface area contributed by atoms with Crippen LogP contribution in [0.2, 0.25) is 0 Å². The molecular weight excluding hydrogens is 240 g/mol. The summed E-state index contributed by atoms with van der Waals surface area (Å²) < 4.78 is 5.23. The van der Waals surface area contributed by atoms with Gasteiger partial charge in [-0.05, 0) is 30.5 Å². The Labute approximate surface area is 114 Å². The van der Waals surface area contributed by atoms with Crippen LogP contribution in [0.1, 0.15) is 25.3 Å². The number of anilines is 1. The predicted molar refractivity (Wildman–Crippen MR) is 76.5 cm³/mol. The topological polar surface area (TPSA) is 41.6 Å². The van der Waals surface area contributed by atoms with Gasteiger partial charge in [0.25, 0.3) is 0 Å². The molecule has 0 spiro atoms. The van der Waals surface area contributed by atoms with Crippen LogP contribution in [-0.2, 0) is 11.2 Å². The van der Waals surface area contributed by atoms with E-state index in [4.69, 9.17) is 4.74 Å². The number of rotatable bonds is 4. The molecule has 1 saturated heterocycles. The smallest absolute Gasteiger partial charge is 0.321 e. The van der Waals surface area contributed by atoms with Crippen molar-refractivity contribution in [1.29, 1.82) is 0 Å². The highest BCUT2D eigenvalue weighted by atomic mass is 16.5. The third kappa shape index (κ3) is 4.24. The highest BCUT2D eigenvalue weighted by molar-refractivity contribution is 5.89. The van der Waals surface area contributed by atoms with Gasteiger partial charge in [-0.3, -0.25) is 0 Å². The monoisotopic (exact) mass is 262 g/mol. The largest absolute Gasteiger partial charge is 0.378 e. The van der Waals surface area contributed by atoms with Crippen LogP contribution in [0.3, 0.4) is 0 Å². The Morgan fingerprint density at radius 3 is 2.58 bits per heavy atom. The molecule has 0 unspecified atom stereocenters. The third-order valence-corrected chi connectivity index (χ3v) is 3.32. The Hall–Kier alpha value is -1.55. The molecule has 1 heterocycles. The van der Waals surface area contributed by atoms with Crippen molar-refractivity contribution in [2.75, 3.05) is 31.6 Å². The Morgan fingerprint density at radius 2 is 1.95 bits per heavy atom. The zero-order valence-electron chi connectivity index (χ0n) is 11.5. The SMILES string of the molecule is CCCCc1ccc(NC(=O)N2CCOCC2)cc1. The van der Waals surface area contributed by atoms with E-state index < -0.39 is 0 Å². The molecule has 0 bridgehead atoms. The van der Waals surface area contributed by atoms with Crippen molar-refractivity contribution < 1.29 is 9.53 Å². The molecule has 2 amide bonds. The molecule has 1 aliphatic heterocycles. The standard InChI is InChI=1S/C15H22N2O2/c1-2-3-4-13-5-7-14(8-6-13)16-15(18)17-9-11-19-12-10-17/h5-8H,2-4,9-12H2,1H3,(H,16,18). The molecule has 104 valence electrons. The minimum Gasteiger partial charge on any atom is -0.378 e. The Bertz CT molecular complexity index is 397. The number of benzene rings is 1. The fourth-order valence-corrected chi connectivity index (χ4v) is 2.10. The summed E-state index contributed by atoms with van der Waals surface area (Å²) in [5.74, 6) is 0. The molecule has 0 atom stereocenters. The molecule has 19 heavy (non-hydrogen) atoms. The van der Waals surface area contributed by atoms with Crippen molar-refractivity contribution in [1.82, 2.24) is 4.90 Å². The maximum absolute atomic E-state index is 12.0. The van der Waals surface area contributed by atoms with E-state index in [1.165, 1.54) is 18.4 Å². The molecule has 4 heteroatoms. The van der Waals surface area contributed by atoms with Crippen LogP contribution in [0.15, 0.2) is 24.3 Å². The second-order valence-corrected chi connectivity index (χ2v) is 4.83. The van der Waals surface area contributed by atoms with Gasteiger partial charge in [-0.1, -0.05) is 25.5 Å². The number of nitrogens with one attached hydrogen (secondary N) is 1. The first-order valence-corrected chi connectivity index (χ1v) is 7.02. The van der Waals surface area contributed by atoms with Gasteiger partial charge in [0.05, 0.1) is 13.2 Å². The van der Waals surface area contributed by atoms with Crippen LogP contribution in [0.25, 0.3) is 0 Å². The number of hydrogen-bond donors (Lipinski definition) is 1. The van der Waals surface area contributed by atoms with Crippen LogP contribution in [0.4, 0.5) is 10.5 Å². The summed E-state index contributed by atoms with van der Waals surface area (Å²) in [5, 5.41) is 2.93. The minimum atomic E-state index is -0.0374. The molecule has 0 radical (unpaired) electrons. The first-order chi connectivity index (χ1) is 9.29. The van der Waals surface area contributed by atoms with Crippen molar-refractivity contribution >= 4 is 11.7 Å². The Morgan fingerprint density at radius 1 is 1.26 bits per heavy atom. The molecule has 1 fully saturated rings. The van der Waals surface area contributed by atoms with Gasteiger partial charge in [-0.2, -0.15) is 0 Å². The van der Waals surface area contributed by atoms with E-state index in [-0.39, 0.29) is 6.03 Å². The van der Waals surface area contributed by atoms with Gasteiger partial charge < -0.3 is 15.0 Å². The highest BCUT2D eigenvalue weighted by Crippen LogP contribution is 2.12. The van der Waals surface area contributed by atoms with E-state index in [0.29, 0.717) is 26.3 Å². The highest BCUT2D eigenvalue weighted by Gasteiger charge is 2.16. The number of hydrogen-bond acceptors (Lipinski definition) is 2. The third-order valence-electron chi connectivity index (χ3n) is 3.32. The molecule has 4 nitrogen and oxygen atoms in total. The molecule has 2 rings (SSSR count). The van der Waals surface area contributed by atoms with Crippen molar-refractivity contribution in [3.05, 3.63) is 29.8 Å². The number of aryl methyl sites for hydroxylation is 1. The van der Waals surface area contributed by atoms with Crippen molar-refractivity contribution in [2.45, 2.75) is 26.2 Å². The summed E-state index contributed by atoms with van der Waals surface area (Å²) in [6, 6.07) is 8.09. The summed E-state index contributed by atoms with van der Waals surface area (Å²) in [6.45, 7) is 4.78. The fourth-order valence-electron chi connectivity index (χ4n) is 2.10. The maximum atomic E-state index is 12.0. The molecule has 1 N–H and O–H groups in total. The van der Waals surface area contributed by atoms with E-state index in [2.05, 4.69) is 24.4 Å². The average Bonchev–Trinajstić information content (AvgIpc) is 2.47. The zero-order chi connectivity index (χ0) is 13.5. The van der Waals surface area contributed by atoms with Gasteiger partial charge in [0.1, 0.15) is 0 Å². The number of morpholine rings is 1. The second kappa shape index (κ2) is 7.14. The lowest BCUT2D eigenvalue weighted by Crippen LogP contribution is -2.43. The van der Waals surface area contributed by atoms with Crippen LogP contribution in [-0.4, -0.2) is 37.2 Å². The van der Waals surface area contributed by atoms with Crippen molar-refractivity contribution in [3.8, 4) is 0 Å². The van der Waals surface area contributed by atoms with E-state index in [9.17, 15) is 4.79 Å². The van der Waals surface area contributed by atoms with Gasteiger partial charge in [-0.25, -0.2) is 4.79 Å². The normalized spacial score (nSPS) is 15.3. The van der Waals surface area contributed by atoms with E-state index in [0.717, 1.165) is 12.1 Å². The van der Waals surface area contributed by atoms with Gasteiger partial charge >= 0.3 is 6.03 Å². The predicted octanol–water partition coefficient (Wildman–Crippen LogP) is 2.89. The molecule has 1 aromatic carbocycles. The van der Waals surface area contributed by atoms with Crippen LogP contribution >= 0.6 is 0 Å². The molecule has 1 aliphatic rings. The average molecular weight is 262 g/mol. The van der Waals surface area contributed by atoms with Gasteiger partial charge in [0.15, 0.2) is 0 Å². The first-order valence-electron chi connectivity index (χ1n) is 7.02. The van der Waals surface area contributed by atoms with Crippen LogP contribution in [0, 0.1) is 0 Å². The summed E-state index contributed by atoms with van der Waals surface area (Å²) in [7, 11) is 0. The lowest BCUT2D eigenvalue weighted by atomic mass is 10.1. The van der Waals surface area contributed by atoms with E-state index in [1.807, 2.05) is 12.1 Å². The van der Waals surface area contributed by atoms with Crippen molar-refractivity contribution in [2.24, 2.45) is 0 Å². The van der Waals surface area contributed by atoms with Gasteiger partial charge in [0, 0.05) is 18.8 Å². The van der Waals surface area contributed by atoms with Crippen LogP contribution in [0.5, 0.6) is 0 Å². The number of ether oxygens (including phenoxy) is 1. The molecular formula is C15H22N2O2. The lowest BCUT2D eigenvalue weighted by Gasteiger charge is -2.26. The second-order valence-electron chi connectivity index (χ2n) is 4.83. The number of nitrogens with zero attached hydrogens (tertiary/aromatic N) is 1. The van der Waals surface area contributed by atoms with Crippen LogP contribution < -0.4 is 5.32 Å². The number of carbonyl (C=O) groups excluding carboxylic acids is 1. The first kappa shape index (κ1) is 13.9. The molecule has 0 saturated carbocycles. The molecule has 1 aromatic rings. The number of carbonyl (C=O) groups is 1. The zero-order valence-corrected chi connectivity index (χ0v) is 11.5. The van der Waals surface area contributed by atoms with Crippen molar-refractivity contribution in [3.63, 3.8) is 0 Å².